The van der Waals surface area contributed by atoms with Gasteiger partial charge in [0.2, 0.25) is 0 Å². The lowest BCUT2D eigenvalue weighted by molar-refractivity contribution is 0.0506. The summed E-state index contributed by atoms with van der Waals surface area (Å²) in [6.07, 6.45) is 1.13. The van der Waals surface area contributed by atoms with Gasteiger partial charge in [-0.1, -0.05) is 60.1 Å². The molecule has 0 aliphatic carbocycles. The van der Waals surface area contributed by atoms with Gasteiger partial charge in [0.1, 0.15) is 10.8 Å². The highest BCUT2D eigenvalue weighted by molar-refractivity contribution is 9.10. The summed E-state index contributed by atoms with van der Waals surface area (Å²) >= 11 is 9.39. The minimum atomic E-state index is -4.00. The molecule has 0 saturated heterocycles. The maximum absolute atomic E-state index is 13.7. The Morgan fingerprint density at radius 2 is 1.71 bits per heavy atom. The quantitative estimate of drug-likeness (QED) is 0.339. The van der Waals surface area contributed by atoms with Crippen molar-refractivity contribution in [2.45, 2.75) is 43.7 Å². The molecule has 0 unspecified atom stereocenters. The van der Waals surface area contributed by atoms with Crippen molar-refractivity contribution in [3.8, 4) is 0 Å². The molecular weight excluding hydrogens is 554 g/mol. The zero-order valence-electron chi connectivity index (χ0n) is 19.6. The highest BCUT2D eigenvalue weighted by Crippen LogP contribution is 2.29. The number of alkyl carbamates (subject to hydrolysis) is 1. The van der Waals surface area contributed by atoms with E-state index in [9.17, 15) is 13.2 Å². The van der Waals surface area contributed by atoms with Gasteiger partial charge in [0.15, 0.2) is 0 Å². The van der Waals surface area contributed by atoms with E-state index in [1.165, 1.54) is 22.6 Å². The minimum absolute atomic E-state index is 0.0683. The van der Waals surface area contributed by atoms with E-state index in [-0.39, 0.29) is 16.6 Å². The van der Waals surface area contributed by atoms with E-state index < -0.39 is 27.8 Å². The summed E-state index contributed by atoms with van der Waals surface area (Å²) in [4.78, 5) is 16.9. The third-order valence-electron chi connectivity index (χ3n) is 4.83. The number of nitrogens with one attached hydrogen (secondary N) is 1. The number of sulfonamides is 1. The van der Waals surface area contributed by atoms with Crippen LogP contribution in [-0.4, -0.2) is 37.7 Å². The third kappa shape index (κ3) is 7.68. The smallest absolute Gasteiger partial charge is 0.407 e. The van der Waals surface area contributed by atoms with E-state index in [4.69, 9.17) is 16.3 Å². The van der Waals surface area contributed by atoms with Crippen LogP contribution in [0.15, 0.2) is 82.3 Å². The number of rotatable bonds is 8. The maximum Gasteiger partial charge on any atom is 0.407 e. The molecule has 1 amide bonds. The predicted octanol–water partition coefficient (Wildman–Crippen LogP) is 5.83. The molecule has 0 radical (unpaired) electrons. The number of nitrogens with zero attached hydrogens (tertiary/aromatic N) is 2. The molecule has 1 atom stereocenters. The molecule has 186 valence electrons. The number of carbonyl (C=O) groups excluding carboxylic acids is 1. The Morgan fingerprint density at radius 3 is 2.29 bits per heavy atom. The molecule has 3 rings (SSSR count). The topological polar surface area (TPSA) is 88.6 Å². The van der Waals surface area contributed by atoms with E-state index >= 15 is 0 Å². The molecule has 1 N–H and O–H groups in total. The van der Waals surface area contributed by atoms with Crippen molar-refractivity contribution >= 4 is 49.3 Å². The Balaban J connectivity index is 2.02. The van der Waals surface area contributed by atoms with Crippen molar-refractivity contribution < 1.29 is 17.9 Å². The summed E-state index contributed by atoms with van der Waals surface area (Å²) in [5.74, 6) is 0. The standard InChI is InChI=1S/C25H27BrClN3O4S/c1-25(2,3)34-24(31)29-19(14-18-10-6-4-7-11-18)17-30(20-15-22(26)23(27)28-16-20)35(32,33)21-12-8-5-9-13-21/h4-13,15-16,19H,14,17H2,1-3H3,(H,29,31)/t19-/m0/s1. The van der Waals surface area contributed by atoms with Crippen molar-refractivity contribution in [2.24, 2.45) is 0 Å². The van der Waals surface area contributed by atoms with Crippen LogP contribution in [0.2, 0.25) is 5.15 Å². The molecule has 2 aromatic carbocycles. The van der Waals surface area contributed by atoms with Crippen LogP contribution in [0, 0.1) is 0 Å². The van der Waals surface area contributed by atoms with E-state index in [0.717, 1.165) is 5.56 Å². The monoisotopic (exact) mass is 579 g/mol. The van der Waals surface area contributed by atoms with Crippen molar-refractivity contribution in [1.82, 2.24) is 10.3 Å². The highest BCUT2D eigenvalue weighted by atomic mass is 79.9. The van der Waals surface area contributed by atoms with Gasteiger partial charge in [0, 0.05) is 0 Å². The van der Waals surface area contributed by atoms with Crippen LogP contribution in [0.4, 0.5) is 10.5 Å². The van der Waals surface area contributed by atoms with Crippen LogP contribution in [0.1, 0.15) is 26.3 Å². The van der Waals surface area contributed by atoms with Gasteiger partial charge in [-0.25, -0.2) is 18.2 Å². The fourth-order valence-corrected chi connectivity index (χ4v) is 5.29. The summed E-state index contributed by atoms with van der Waals surface area (Å²) in [7, 11) is -4.00. The SMILES string of the molecule is CC(C)(C)OC(=O)N[C@@H](Cc1ccccc1)CN(c1cnc(Cl)c(Br)c1)S(=O)(=O)c1ccccc1. The molecule has 10 heteroatoms. The first-order valence-electron chi connectivity index (χ1n) is 10.9. The maximum atomic E-state index is 13.7. The van der Waals surface area contributed by atoms with Crippen molar-refractivity contribution in [2.75, 3.05) is 10.8 Å². The van der Waals surface area contributed by atoms with Crippen LogP contribution >= 0.6 is 27.5 Å². The fourth-order valence-electron chi connectivity index (χ4n) is 3.34. The first-order chi connectivity index (χ1) is 16.5. The number of aromatic nitrogens is 1. The Labute approximate surface area is 219 Å². The van der Waals surface area contributed by atoms with Crippen molar-refractivity contribution in [3.05, 3.63) is 88.1 Å². The number of halogens is 2. The van der Waals surface area contributed by atoms with Gasteiger partial charge in [-0.15, -0.1) is 0 Å². The molecular formula is C25H27BrClN3O4S. The molecule has 0 aliphatic heterocycles. The molecule has 0 bridgehead atoms. The molecule has 7 nitrogen and oxygen atoms in total. The van der Waals surface area contributed by atoms with E-state index in [2.05, 4.69) is 26.2 Å². The number of hydrogen-bond acceptors (Lipinski definition) is 5. The zero-order valence-corrected chi connectivity index (χ0v) is 22.8. The molecule has 0 spiro atoms. The number of hydrogen-bond donors (Lipinski definition) is 1. The van der Waals surface area contributed by atoms with Crippen LogP contribution in [-0.2, 0) is 21.2 Å². The minimum Gasteiger partial charge on any atom is -0.444 e. The normalized spacial score (nSPS) is 12.6. The molecule has 0 saturated carbocycles. The number of amides is 1. The summed E-state index contributed by atoms with van der Waals surface area (Å²) in [6, 6.07) is 18.6. The predicted molar refractivity (Wildman–Crippen MR) is 141 cm³/mol. The van der Waals surface area contributed by atoms with Gasteiger partial charge in [-0.05, 0) is 66.9 Å². The number of pyridine rings is 1. The zero-order chi connectivity index (χ0) is 25.6. The second kappa shape index (κ2) is 11.4. The first-order valence-corrected chi connectivity index (χ1v) is 13.5. The molecule has 1 heterocycles. The Hall–Kier alpha value is -2.62. The molecule has 1 aromatic heterocycles. The number of anilines is 1. The van der Waals surface area contributed by atoms with Gasteiger partial charge >= 0.3 is 6.09 Å². The number of benzene rings is 2. The average Bonchev–Trinajstić information content (AvgIpc) is 2.79. The fraction of sp³-hybridized carbons (Fsp3) is 0.280. The van der Waals surface area contributed by atoms with Gasteiger partial charge in [-0.3, -0.25) is 4.31 Å². The van der Waals surface area contributed by atoms with Crippen LogP contribution in [0.5, 0.6) is 0 Å². The lowest BCUT2D eigenvalue weighted by Gasteiger charge is -2.30. The van der Waals surface area contributed by atoms with Crippen molar-refractivity contribution in [1.29, 1.82) is 0 Å². The largest absolute Gasteiger partial charge is 0.444 e. The van der Waals surface area contributed by atoms with Gasteiger partial charge in [-0.2, -0.15) is 0 Å². The Morgan fingerprint density at radius 1 is 1.11 bits per heavy atom. The first kappa shape index (κ1) is 27.0. The summed E-state index contributed by atoms with van der Waals surface area (Å²) in [6.45, 7) is 5.23. The van der Waals surface area contributed by atoms with E-state index in [1.54, 1.807) is 45.0 Å². The van der Waals surface area contributed by atoms with E-state index in [1.807, 2.05) is 30.3 Å². The molecule has 35 heavy (non-hydrogen) atoms. The van der Waals surface area contributed by atoms with Crippen LogP contribution in [0.3, 0.4) is 0 Å². The van der Waals surface area contributed by atoms with E-state index in [0.29, 0.717) is 16.6 Å². The molecule has 0 fully saturated rings. The van der Waals surface area contributed by atoms with Gasteiger partial charge in [0.25, 0.3) is 10.0 Å². The highest BCUT2D eigenvalue weighted by Gasteiger charge is 2.30. The second-order valence-electron chi connectivity index (χ2n) is 8.85. The van der Waals surface area contributed by atoms with Crippen LogP contribution < -0.4 is 9.62 Å². The molecule has 0 aliphatic rings. The van der Waals surface area contributed by atoms with Gasteiger partial charge < -0.3 is 10.1 Å². The average molecular weight is 581 g/mol. The lowest BCUT2D eigenvalue weighted by Crippen LogP contribution is -2.48. The summed E-state index contributed by atoms with van der Waals surface area (Å²) in [5, 5.41) is 3.05. The third-order valence-corrected chi connectivity index (χ3v) is 7.78. The summed E-state index contributed by atoms with van der Waals surface area (Å²) < 4.78 is 34.6. The number of ether oxygens (including phenoxy) is 1. The molecule has 3 aromatic rings. The van der Waals surface area contributed by atoms with Crippen LogP contribution in [0.25, 0.3) is 0 Å². The summed E-state index contributed by atoms with van der Waals surface area (Å²) in [5.41, 5.74) is 0.525. The van der Waals surface area contributed by atoms with Gasteiger partial charge in [0.05, 0.1) is 33.8 Å². The Bertz CT molecular complexity index is 1250. The van der Waals surface area contributed by atoms with Crippen molar-refractivity contribution in [3.63, 3.8) is 0 Å². The second-order valence-corrected chi connectivity index (χ2v) is 11.9. The lowest BCUT2D eigenvalue weighted by atomic mass is 10.1. The number of carbonyl (C=O) groups is 1. The Kier molecular flexibility index (Phi) is 8.79.